The maximum Gasteiger partial charge on any atom is 0.490 e. The van der Waals surface area contributed by atoms with E-state index in [0.717, 1.165) is 25.4 Å². The first-order chi connectivity index (χ1) is 16.1. The van der Waals surface area contributed by atoms with Gasteiger partial charge in [-0.2, -0.15) is 26.3 Å². The number of nitrogens with zero attached hydrogens (tertiary/aromatic N) is 2. The Morgan fingerprint density at radius 3 is 2.03 bits per heavy atom. The lowest BCUT2D eigenvalue weighted by atomic mass is 10.1. The molecule has 3 fully saturated rings. The Bertz CT molecular complexity index is 837. The molecule has 2 aliphatic heterocycles. The summed E-state index contributed by atoms with van der Waals surface area (Å²) in [6.45, 7) is 5.80. The molecule has 3 aliphatic rings. The van der Waals surface area contributed by atoms with Crippen molar-refractivity contribution in [3.63, 3.8) is 0 Å². The number of benzene rings is 1. The van der Waals surface area contributed by atoms with Gasteiger partial charge in [-0.05, 0) is 30.9 Å². The van der Waals surface area contributed by atoms with E-state index in [-0.39, 0.29) is 11.9 Å². The first-order valence-corrected chi connectivity index (χ1v) is 10.6. The van der Waals surface area contributed by atoms with Gasteiger partial charge in [0.2, 0.25) is 0 Å². The van der Waals surface area contributed by atoms with E-state index in [1.807, 2.05) is 6.07 Å². The molecular weight excluding hydrogens is 493 g/mol. The molecule has 7 nitrogen and oxygen atoms in total. The van der Waals surface area contributed by atoms with Gasteiger partial charge in [-0.1, -0.05) is 6.07 Å². The molecule has 198 valence electrons. The van der Waals surface area contributed by atoms with Crippen LogP contribution < -0.4 is 4.74 Å². The number of hydrogen-bond donors (Lipinski definition) is 2. The molecule has 1 aliphatic carbocycles. The van der Waals surface area contributed by atoms with E-state index in [2.05, 4.69) is 9.80 Å². The summed E-state index contributed by atoms with van der Waals surface area (Å²) in [5.74, 6) is -4.11. The van der Waals surface area contributed by atoms with Gasteiger partial charge in [0.15, 0.2) is 0 Å². The van der Waals surface area contributed by atoms with Crippen molar-refractivity contribution in [3.8, 4) is 5.75 Å². The maximum atomic E-state index is 13.2. The predicted octanol–water partition coefficient (Wildman–Crippen LogP) is 3.64. The monoisotopic (exact) mass is 518 g/mol. The highest BCUT2D eigenvalue weighted by Gasteiger charge is 2.39. The van der Waals surface area contributed by atoms with Crippen LogP contribution in [-0.2, 0) is 9.59 Å². The highest BCUT2D eigenvalue weighted by Crippen LogP contribution is 2.32. The number of alkyl halides is 6. The quantitative estimate of drug-likeness (QED) is 0.589. The number of ether oxygens (including phenoxy) is 1. The number of aliphatic carboxylic acids is 2. The van der Waals surface area contributed by atoms with Crippen molar-refractivity contribution in [2.24, 2.45) is 5.92 Å². The third-order valence-corrected chi connectivity index (χ3v) is 5.46. The topological polar surface area (TPSA) is 90.3 Å². The van der Waals surface area contributed by atoms with Crippen molar-refractivity contribution in [1.82, 2.24) is 9.80 Å². The van der Waals surface area contributed by atoms with E-state index < -0.39 is 24.3 Å². The Balaban J connectivity index is 0.000000257. The zero-order valence-electron chi connectivity index (χ0n) is 18.4. The van der Waals surface area contributed by atoms with Crippen molar-refractivity contribution < 1.29 is 55.3 Å². The fraction of sp³-hybridized carbons (Fsp3) is 0.619. The van der Waals surface area contributed by atoms with Crippen LogP contribution in [0.2, 0.25) is 0 Å². The Morgan fingerprint density at radius 2 is 1.54 bits per heavy atom. The van der Waals surface area contributed by atoms with Gasteiger partial charge in [0, 0.05) is 51.3 Å². The normalized spacial score (nSPS) is 22.7. The number of carbonyl (C=O) groups is 2. The minimum atomic E-state index is -5.08. The van der Waals surface area contributed by atoms with Crippen molar-refractivity contribution in [1.29, 1.82) is 0 Å². The standard InChI is InChI=1S/C17H23FN2O.2C2HF3O2/c18-14-2-1-3-16(8-14)21-17-9-15-11-19(10-13-4-5-13)6-7-20(15)12-17;2*3-2(4,5)1(6)7/h1-3,8,13,15,17H,4-7,9-12H2;2*(H,6,7). The molecule has 1 aromatic carbocycles. The largest absolute Gasteiger partial charge is 0.490 e. The van der Waals surface area contributed by atoms with Crippen molar-refractivity contribution in [2.75, 3.05) is 32.7 Å². The number of piperazine rings is 1. The Kier molecular flexibility index (Phi) is 9.72. The van der Waals surface area contributed by atoms with E-state index in [1.54, 1.807) is 6.07 Å². The summed E-state index contributed by atoms with van der Waals surface area (Å²) in [6, 6.07) is 7.12. The second kappa shape index (κ2) is 11.9. The lowest BCUT2D eigenvalue weighted by Crippen LogP contribution is -2.50. The van der Waals surface area contributed by atoms with Gasteiger partial charge >= 0.3 is 24.3 Å². The molecule has 0 spiro atoms. The van der Waals surface area contributed by atoms with Gasteiger partial charge in [-0.15, -0.1) is 0 Å². The molecule has 0 radical (unpaired) electrons. The fourth-order valence-corrected chi connectivity index (χ4v) is 3.71. The van der Waals surface area contributed by atoms with E-state index >= 15 is 0 Å². The number of halogens is 7. The van der Waals surface area contributed by atoms with Crippen molar-refractivity contribution >= 4 is 11.9 Å². The summed E-state index contributed by atoms with van der Waals surface area (Å²) in [4.78, 5) is 23.0. The van der Waals surface area contributed by atoms with Crippen LogP contribution in [0.1, 0.15) is 19.3 Å². The third kappa shape index (κ3) is 10.3. The van der Waals surface area contributed by atoms with Crippen LogP contribution in [0, 0.1) is 11.7 Å². The highest BCUT2D eigenvalue weighted by molar-refractivity contribution is 5.73. The second-order valence-corrected chi connectivity index (χ2v) is 8.39. The van der Waals surface area contributed by atoms with Gasteiger partial charge < -0.3 is 19.8 Å². The number of carboxylic acid groups (broad SMARTS) is 2. The molecule has 2 saturated heterocycles. The molecule has 2 heterocycles. The average molecular weight is 518 g/mol. The van der Waals surface area contributed by atoms with Crippen molar-refractivity contribution in [3.05, 3.63) is 30.1 Å². The summed E-state index contributed by atoms with van der Waals surface area (Å²) in [6.07, 6.45) is -6.04. The van der Waals surface area contributed by atoms with Gasteiger partial charge in [0.05, 0.1) is 0 Å². The van der Waals surface area contributed by atoms with Crippen LogP contribution in [0.15, 0.2) is 24.3 Å². The molecule has 35 heavy (non-hydrogen) atoms. The summed E-state index contributed by atoms with van der Waals surface area (Å²) in [5.41, 5.74) is 0. The van der Waals surface area contributed by atoms with Crippen LogP contribution in [0.5, 0.6) is 5.75 Å². The van der Waals surface area contributed by atoms with E-state index in [4.69, 9.17) is 24.5 Å². The summed E-state index contributed by atoms with van der Waals surface area (Å²) < 4.78 is 82.7. The first kappa shape index (κ1) is 28.6. The molecule has 2 unspecified atom stereocenters. The van der Waals surface area contributed by atoms with Gasteiger partial charge in [-0.3, -0.25) is 4.90 Å². The first-order valence-electron chi connectivity index (χ1n) is 10.6. The molecule has 14 heteroatoms. The van der Waals surface area contributed by atoms with Crippen LogP contribution in [0.4, 0.5) is 30.7 Å². The zero-order valence-corrected chi connectivity index (χ0v) is 18.4. The average Bonchev–Trinajstić information content (AvgIpc) is 3.44. The summed E-state index contributed by atoms with van der Waals surface area (Å²) in [5, 5.41) is 14.2. The van der Waals surface area contributed by atoms with Gasteiger partial charge in [-0.25, -0.2) is 14.0 Å². The molecule has 1 aromatic rings. The number of hydrogen-bond acceptors (Lipinski definition) is 5. The maximum absolute atomic E-state index is 13.2. The van der Waals surface area contributed by atoms with Gasteiger partial charge in [0.25, 0.3) is 0 Å². The lowest BCUT2D eigenvalue weighted by molar-refractivity contribution is -0.193. The molecule has 4 rings (SSSR count). The summed E-state index contributed by atoms with van der Waals surface area (Å²) >= 11 is 0. The molecule has 1 saturated carbocycles. The van der Waals surface area contributed by atoms with Crippen LogP contribution in [-0.4, -0.2) is 89.2 Å². The Labute approximate surface area is 196 Å². The SMILES string of the molecule is Fc1cccc(OC2CC3CN(CC4CC4)CCN3C2)c1.O=C(O)C(F)(F)F.O=C(O)C(F)(F)F. The van der Waals surface area contributed by atoms with Crippen LogP contribution in [0.3, 0.4) is 0 Å². The van der Waals surface area contributed by atoms with Crippen LogP contribution in [0.25, 0.3) is 0 Å². The third-order valence-electron chi connectivity index (χ3n) is 5.46. The lowest BCUT2D eigenvalue weighted by Gasteiger charge is -2.37. The number of carboxylic acids is 2. The molecule has 0 aromatic heterocycles. The smallest absolute Gasteiger partial charge is 0.489 e. The van der Waals surface area contributed by atoms with Crippen LogP contribution >= 0.6 is 0 Å². The van der Waals surface area contributed by atoms with E-state index in [0.29, 0.717) is 11.8 Å². The fourth-order valence-electron chi connectivity index (χ4n) is 3.71. The van der Waals surface area contributed by atoms with E-state index in [1.165, 1.54) is 44.6 Å². The molecule has 2 N–H and O–H groups in total. The van der Waals surface area contributed by atoms with Crippen molar-refractivity contribution in [2.45, 2.75) is 43.8 Å². The second-order valence-electron chi connectivity index (χ2n) is 8.39. The predicted molar refractivity (Wildman–Crippen MR) is 107 cm³/mol. The highest BCUT2D eigenvalue weighted by atomic mass is 19.4. The number of fused-ring (bicyclic) bond motifs is 1. The van der Waals surface area contributed by atoms with Gasteiger partial charge in [0.1, 0.15) is 17.7 Å². The number of rotatable bonds is 4. The molecule has 0 amide bonds. The molecule has 2 atom stereocenters. The molecular formula is C21H25F7N2O5. The molecule has 0 bridgehead atoms. The Hall–Kier alpha value is -2.61. The zero-order chi connectivity index (χ0) is 26.4. The minimum Gasteiger partial charge on any atom is -0.489 e. The minimum absolute atomic E-state index is 0.206. The summed E-state index contributed by atoms with van der Waals surface area (Å²) in [7, 11) is 0. The Morgan fingerprint density at radius 1 is 0.971 bits per heavy atom. The van der Waals surface area contributed by atoms with E-state index in [9.17, 15) is 30.7 Å².